The molecule has 0 radical (unpaired) electrons. The zero-order valence-corrected chi connectivity index (χ0v) is 8.32. The highest BCUT2D eigenvalue weighted by atomic mass is 127. The van der Waals surface area contributed by atoms with E-state index >= 15 is 0 Å². The van der Waals surface area contributed by atoms with Crippen LogP contribution in [0.4, 0.5) is 4.39 Å². The van der Waals surface area contributed by atoms with E-state index in [1.165, 1.54) is 0 Å². The fourth-order valence-corrected chi connectivity index (χ4v) is 2.25. The Bertz CT molecular complexity index is 172. The maximum absolute atomic E-state index is 12.9. The van der Waals surface area contributed by atoms with E-state index in [0.29, 0.717) is 6.42 Å². The minimum atomic E-state index is -1.29. The zero-order chi connectivity index (χ0) is 6.91. The summed E-state index contributed by atoms with van der Waals surface area (Å²) in [5.74, 6) is 0. The molecular weight excluding hydrogens is 298 g/mol. The molecule has 1 aliphatic rings. The van der Waals surface area contributed by atoms with Crippen molar-refractivity contribution in [3.8, 4) is 0 Å². The lowest BCUT2D eigenvalue weighted by molar-refractivity contribution is 0.367. The molecule has 0 aromatic carbocycles. The van der Waals surface area contributed by atoms with Crippen LogP contribution in [0.2, 0.25) is 0 Å². The molecule has 50 valence electrons. The summed E-state index contributed by atoms with van der Waals surface area (Å²) in [5, 5.41) is 0. The molecule has 0 saturated carbocycles. The first-order chi connectivity index (χ1) is 4.10. The highest BCUT2D eigenvalue weighted by Crippen LogP contribution is 2.33. The molecule has 0 heterocycles. The predicted octanol–water partition coefficient (Wildman–Crippen LogP) is 3.33. The topological polar surface area (TPSA) is 0 Å². The van der Waals surface area contributed by atoms with Crippen LogP contribution in [0.1, 0.15) is 6.42 Å². The van der Waals surface area contributed by atoms with Crippen molar-refractivity contribution in [2.24, 2.45) is 0 Å². The second kappa shape index (κ2) is 2.70. The molecule has 0 N–H and O–H groups in total. The largest absolute Gasteiger partial charge is 0.226 e. The van der Waals surface area contributed by atoms with Crippen LogP contribution in [-0.2, 0) is 0 Å². The highest BCUT2D eigenvalue weighted by molar-refractivity contribution is 14.1. The minimum absolute atomic E-state index is 0.430. The summed E-state index contributed by atoms with van der Waals surface area (Å²) in [6, 6.07) is 0. The van der Waals surface area contributed by atoms with Crippen molar-refractivity contribution >= 4 is 38.5 Å². The standard InChI is InChI=1S/C6H5BrFI/c7-6(8)3-1-2-5(9)4-6/h1-2,4H,3H2. The van der Waals surface area contributed by atoms with Gasteiger partial charge in [0.1, 0.15) is 0 Å². The Labute approximate surface area is 75.5 Å². The maximum atomic E-state index is 12.9. The molecular formula is C6H5BrFI. The Balaban J connectivity index is 2.78. The van der Waals surface area contributed by atoms with Gasteiger partial charge in [-0.3, -0.25) is 0 Å². The Kier molecular flexibility index (Phi) is 2.32. The fraction of sp³-hybridized carbons (Fsp3) is 0.333. The molecule has 1 unspecified atom stereocenters. The van der Waals surface area contributed by atoms with Crippen molar-refractivity contribution in [3.05, 3.63) is 21.8 Å². The van der Waals surface area contributed by atoms with Crippen molar-refractivity contribution in [1.29, 1.82) is 0 Å². The molecule has 1 atom stereocenters. The Morgan fingerprint density at radius 2 is 2.44 bits per heavy atom. The summed E-state index contributed by atoms with van der Waals surface area (Å²) in [6.45, 7) is 0. The third kappa shape index (κ3) is 2.37. The molecule has 0 bridgehead atoms. The molecule has 1 aliphatic carbocycles. The molecule has 0 fully saturated rings. The van der Waals surface area contributed by atoms with E-state index in [4.69, 9.17) is 0 Å². The lowest BCUT2D eigenvalue weighted by Crippen LogP contribution is -2.09. The third-order valence-corrected chi connectivity index (χ3v) is 2.24. The van der Waals surface area contributed by atoms with Gasteiger partial charge < -0.3 is 0 Å². The third-order valence-electron chi connectivity index (χ3n) is 1.02. The van der Waals surface area contributed by atoms with Crippen molar-refractivity contribution < 1.29 is 4.39 Å². The number of hydrogen-bond acceptors (Lipinski definition) is 0. The molecule has 9 heavy (non-hydrogen) atoms. The quantitative estimate of drug-likeness (QED) is 0.476. The van der Waals surface area contributed by atoms with E-state index < -0.39 is 4.58 Å². The lowest BCUT2D eigenvalue weighted by atomic mass is 10.2. The first-order valence-corrected chi connectivity index (χ1v) is 4.40. The van der Waals surface area contributed by atoms with Crippen molar-refractivity contribution in [1.82, 2.24) is 0 Å². The van der Waals surface area contributed by atoms with Gasteiger partial charge in [0, 0.05) is 10.0 Å². The van der Waals surface area contributed by atoms with Crippen LogP contribution in [0.15, 0.2) is 21.8 Å². The predicted molar refractivity (Wildman–Crippen MR) is 48.6 cm³/mol. The number of rotatable bonds is 0. The second-order valence-corrected chi connectivity index (χ2v) is 4.46. The molecule has 0 aromatic heterocycles. The minimum Gasteiger partial charge on any atom is -0.226 e. The van der Waals surface area contributed by atoms with Gasteiger partial charge in [0.25, 0.3) is 0 Å². The van der Waals surface area contributed by atoms with Gasteiger partial charge in [-0.05, 0) is 44.6 Å². The maximum Gasteiger partial charge on any atom is 0.188 e. The van der Waals surface area contributed by atoms with E-state index in [2.05, 4.69) is 38.5 Å². The van der Waals surface area contributed by atoms with Crippen molar-refractivity contribution in [2.75, 3.05) is 0 Å². The van der Waals surface area contributed by atoms with Crippen LogP contribution in [-0.4, -0.2) is 4.58 Å². The SMILES string of the molecule is FC1(Br)C=C(I)C=CC1. The lowest BCUT2D eigenvalue weighted by Gasteiger charge is -2.14. The van der Waals surface area contributed by atoms with Crippen molar-refractivity contribution in [3.63, 3.8) is 0 Å². The summed E-state index contributed by atoms with van der Waals surface area (Å²) >= 11 is 5.02. The van der Waals surface area contributed by atoms with Crippen LogP contribution < -0.4 is 0 Å². The van der Waals surface area contributed by atoms with Crippen LogP contribution in [0, 0.1) is 0 Å². The van der Waals surface area contributed by atoms with Gasteiger partial charge in [-0.15, -0.1) is 0 Å². The molecule has 0 aliphatic heterocycles. The Morgan fingerprint density at radius 1 is 1.78 bits per heavy atom. The van der Waals surface area contributed by atoms with Gasteiger partial charge in [0.15, 0.2) is 4.58 Å². The number of hydrogen-bond donors (Lipinski definition) is 0. The van der Waals surface area contributed by atoms with Crippen LogP contribution >= 0.6 is 38.5 Å². The molecule has 0 nitrogen and oxygen atoms in total. The van der Waals surface area contributed by atoms with E-state index in [1.54, 1.807) is 6.08 Å². The van der Waals surface area contributed by atoms with Crippen LogP contribution in [0.25, 0.3) is 0 Å². The molecule has 3 heteroatoms. The summed E-state index contributed by atoms with van der Waals surface area (Å²) < 4.78 is 12.6. The van der Waals surface area contributed by atoms with Crippen LogP contribution in [0.5, 0.6) is 0 Å². The van der Waals surface area contributed by atoms with Crippen LogP contribution in [0.3, 0.4) is 0 Å². The highest BCUT2D eigenvalue weighted by Gasteiger charge is 2.22. The van der Waals surface area contributed by atoms with Crippen molar-refractivity contribution in [2.45, 2.75) is 11.0 Å². The first-order valence-electron chi connectivity index (χ1n) is 2.53. The Morgan fingerprint density at radius 3 is 2.78 bits per heavy atom. The second-order valence-electron chi connectivity index (χ2n) is 1.90. The molecule has 0 saturated heterocycles. The van der Waals surface area contributed by atoms with E-state index in [-0.39, 0.29) is 0 Å². The molecule has 0 aromatic rings. The number of allylic oxidation sites excluding steroid dienone is 4. The van der Waals surface area contributed by atoms with Gasteiger partial charge in [-0.2, -0.15) is 0 Å². The summed E-state index contributed by atoms with van der Waals surface area (Å²) in [4.78, 5) is 0. The number of halogens is 3. The smallest absolute Gasteiger partial charge is 0.188 e. The average Bonchev–Trinajstić information content (AvgIpc) is 1.60. The monoisotopic (exact) mass is 302 g/mol. The average molecular weight is 303 g/mol. The normalized spacial score (nSPS) is 34.3. The summed E-state index contributed by atoms with van der Waals surface area (Å²) in [7, 11) is 0. The first kappa shape index (κ1) is 7.72. The van der Waals surface area contributed by atoms with E-state index in [9.17, 15) is 4.39 Å². The fourth-order valence-electron chi connectivity index (χ4n) is 0.637. The Hall–Kier alpha value is 0.620. The van der Waals surface area contributed by atoms with Gasteiger partial charge in [-0.25, -0.2) is 4.39 Å². The van der Waals surface area contributed by atoms with E-state index in [0.717, 1.165) is 3.58 Å². The molecule has 0 spiro atoms. The molecule has 0 amide bonds. The summed E-state index contributed by atoms with van der Waals surface area (Å²) in [6.07, 6.45) is 5.71. The van der Waals surface area contributed by atoms with Gasteiger partial charge in [0.2, 0.25) is 0 Å². The van der Waals surface area contributed by atoms with Gasteiger partial charge in [-0.1, -0.05) is 12.2 Å². The van der Waals surface area contributed by atoms with E-state index in [1.807, 2.05) is 12.2 Å². The van der Waals surface area contributed by atoms with Gasteiger partial charge in [0.05, 0.1) is 0 Å². The zero-order valence-electron chi connectivity index (χ0n) is 4.57. The van der Waals surface area contributed by atoms with Gasteiger partial charge >= 0.3 is 0 Å². The number of alkyl halides is 2. The molecule has 1 rings (SSSR count). The summed E-state index contributed by atoms with van der Waals surface area (Å²) in [5.41, 5.74) is 0.